The molecule has 10 aromatic carbocycles. The Kier molecular flexibility index (Phi) is 6.84. The van der Waals surface area contributed by atoms with Gasteiger partial charge in [0, 0.05) is 10.8 Å². The van der Waals surface area contributed by atoms with Crippen LogP contribution in [-0.2, 0) is 10.8 Å². The van der Waals surface area contributed by atoms with Crippen LogP contribution in [0.25, 0.3) is 98.7 Å². The molecule has 0 N–H and O–H groups in total. The van der Waals surface area contributed by atoms with Crippen LogP contribution in [0.15, 0.2) is 182 Å². The maximum absolute atomic E-state index is 2.49. The number of benzene rings is 10. The molecule has 0 nitrogen and oxygen atoms in total. The van der Waals surface area contributed by atoms with E-state index in [0.717, 1.165) is 0 Å². The molecular weight excluding hydrogens is 697 g/mol. The smallest absolute Gasteiger partial charge is 0.0159 e. The molecular formula is C58H42. The van der Waals surface area contributed by atoms with E-state index >= 15 is 0 Å². The van der Waals surface area contributed by atoms with E-state index in [4.69, 9.17) is 0 Å². The highest BCUT2D eigenvalue weighted by Gasteiger charge is 2.36. The molecule has 0 atom stereocenters. The molecule has 274 valence electrons. The molecule has 0 bridgehead atoms. The zero-order valence-electron chi connectivity index (χ0n) is 33.3. The molecule has 0 saturated heterocycles. The van der Waals surface area contributed by atoms with Crippen LogP contribution in [0.5, 0.6) is 0 Å². The fourth-order valence-electron chi connectivity index (χ4n) is 11.0. The van der Waals surface area contributed by atoms with Gasteiger partial charge in [-0.05, 0) is 145 Å². The third-order valence-corrected chi connectivity index (χ3v) is 13.9. The number of rotatable bonds is 3. The van der Waals surface area contributed by atoms with Crippen molar-refractivity contribution in [3.63, 3.8) is 0 Å². The van der Waals surface area contributed by atoms with Gasteiger partial charge in [-0.15, -0.1) is 0 Å². The van der Waals surface area contributed by atoms with Crippen LogP contribution in [0.2, 0.25) is 0 Å². The van der Waals surface area contributed by atoms with Gasteiger partial charge in [0.15, 0.2) is 0 Å². The zero-order valence-corrected chi connectivity index (χ0v) is 33.3. The van der Waals surface area contributed by atoms with Gasteiger partial charge in [0.1, 0.15) is 0 Å². The second-order valence-corrected chi connectivity index (χ2v) is 17.6. The largest absolute Gasteiger partial charge is 0.0619 e. The van der Waals surface area contributed by atoms with Crippen LogP contribution in [0.1, 0.15) is 49.9 Å². The normalized spacial score (nSPS) is 14.5. The van der Waals surface area contributed by atoms with Gasteiger partial charge in [0.05, 0.1) is 0 Å². The first-order valence-corrected chi connectivity index (χ1v) is 20.7. The summed E-state index contributed by atoms with van der Waals surface area (Å²) in [4.78, 5) is 0. The fraction of sp³-hybridized carbons (Fsp3) is 0.103. The van der Waals surface area contributed by atoms with Crippen molar-refractivity contribution in [1.82, 2.24) is 0 Å². The quantitative estimate of drug-likeness (QED) is 0.125. The SMILES string of the molecule is CC1(C)c2ccccc2-c2cc(-c3c4ccccc4c(-c4cc5ccccc5c5ccccc45)c4ccc(-c5ccc6c(c5)C(C)(C)c5ccccc5-6)cc34)ccc21. The van der Waals surface area contributed by atoms with Crippen LogP contribution in [0, 0.1) is 0 Å². The first-order valence-electron chi connectivity index (χ1n) is 20.7. The van der Waals surface area contributed by atoms with Crippen molar-refractivity contribution in [2.75, 3.05) is 0 Å². The minimum atomic E-state index is -0.0705. The van der Waals surface area contributed by atoms with E-state index in [0.29, 0.717) is 0 Å². The lowest BCUT2D eigenvalue weighted by Gasteiger charge is -2.23. The van der Waals surface area contributed by atoms with Crippen LogP contribution >= 0.6 is 0 Å². The van der Waals surface area contributed by atoms with Gasteiger partial charge in [-0.1, -0.05) is 185 Å². The van der Waals surface area contributed by atoms with Gasteiger partial charge in [-0.3, -0.25) is 0 Å². The monoisotopic (exact) mass is 738 g/mol. The Morgan fingerprint density at radius 1 is 0.259 bits per heavy atom. The van der Waals surface area contributed by atoms with E-state index in [1.807, 2.05) is 0 Å². The maximum atomic E-state index is 2.49. The number of hydrogen-bond donors (Lipinski definition) is 0. The Morgan fingerprint density at radius 3 is 1.52 bits per heavy atom. The van der Waals surface area contributed by atoms with E-state index < -0.39 is 0 Å². The predicted molar refractivity (Wildman–Crippen MR) is 248 cm³/mol. The summed E-state index contributed by atoms with van der Waals surface area (Å²) in [6.45, 7) is 9.49. The summed E-state index contributed by atoms with van der Waals surface area (Å²) >= 11 is 0. The summed E-state index contributed by atoms with van der Waals surface area (Å²) in [6, 6.07) is 69.0. The van der Waals surface area contributed by atoms with E-state index in [-0.39, 0.29) is 10.8 Å². The first-order chi connectivity index (χ1) is 28.3. The Bertz CT molecular complexity index is 3390. The van der Waals surface area contributed by atoms with E-state index in [2.05, 4.69) is 210 Å². The van der Waals surface area contributed by atoms with Crippen LogP contribution < -0.4 is 0 Å². The van der Waals surface area contributed by atoms with Crippen molar-refractivity contribution in [2.45, 2.75) is 38.5 Å². The second-order valence-electron chi connectivity index (χ2n) is 17.6. The Balaban J connectivity index is 1.18. The molecule has 0 saturated carbocycles. The standard InChI is InChI=1S/C58H42/c1-57(2)52-24-14-12-20-43(52)48-33-38(27-30-53(48)57)55-45-21-9-10-22-46(45)56(49-32-37-15-5-6-16-39(37)40-17-7-8-18-41(40)49)47-29-26-35(31-50(47)55)36-25-28-44-42-19-11-13-23-51(42)58(3,4)54(44)34-36/h5-34H,1-4H3. The van der Waals surface area contributed by atoms with Gasteiger partial charge in [-0.2, -0.15) is 0 Å². The Morgan fingerprint density at radius 2 is 0.759 bits per heavy atom. The van der Waals surface area contributed by atoms with Crippen LogP contribution in [0.3, 0.4) is 0 Å². The summed E-state index contributed by atoms with van der Waals surface area (Å²) in [5, 5.41) is 10.2. The van der Waals surface area contributed by atoms with E-state index in [1.165, 1.54) is 121 Å². The molecule has 0 spiro atoms. The molecule has 0 amide bonds. The van der Waals surface area contributed by atoms with E-state index in [1.54, 1.807) is 0 Å². The Hall–Kier alpha value is -6.76. The van der Waals surface area contributed by atoms with Gasteiger partial charge in [0.2, 0.25) is 0 Å². The van der Waals surface area contributed by atoms with Gasteiger partial charge >= 0.3 is 0 Å². The average Bonchev–Trinajstić information content (AvgIpc) is 3.64. The summed E-state index contributed by atoms with van der Waals surface area (Å²) in [5.41, 5.74) is 18.5. The number of fused-ring (bicyclic) bond motifs is 11. The first kappa shape index (κ1) is 33.4. The summed E-state index contributed by atoms with van der Waals surface area (Å²) in [6.07, 6.45) is 0. The molecule has 0 aromatic heterocycles. The van der Waals surface area contributed by atoms with Gasteiger partial charge in [-0.25, -0.2) is 0 Å². The fourth-order valence-corrected chi connectivity index (χ4v) is 11.0. The molecule has 0 unspecified atom stereocenters. The molecule has 10 aromatic rings. The average molecular weight is 739 g/mol. The predicted octanol–water partition coefficient (Wildman–Crippen LogP) is 15.9. The van der Waals surface area contributed by atoms with Crippen molar-refractivity contribution in [1.29, 1.82) is 0 Å². The van der Waals surface area contributed by atoms with Crippen LogP contribution in [-0.4, -0.2) is 0 Å². The Labute approximate surface area is 340 Å². The van der Waals surface area contributed by atoms with E-state index in [9.17, 15) is 0 Å². The van der Waals surface area contributed by atoms with Crippen molar-refractivity contribution >= 4 is 43.1 Å². The molecule has 0 radical (unpaired) electrons. The third kappa shape index (κ3) is 4.52. The summed E-state index contributed by atoms with van der Waals surface area (Å²) in [7, 11) is 0. The van der Waals surface area contributed by atoms with Crippen molar-refractivity contribution in [2.24, 2.45) is 0 Å². The topological polar surface area (TPSA) is 0 Å². The molecule has 2 aliphatic carbocycles. The highest BCUT2D eigenvalue weighted by molar-refractivity contribution is 6.26. The lowest BCUT2D eigenvalue weighted by atomic mass is 9.80. The maximum Gasteiger partial charge on any atom is 0.0159 e. The molecule has 58 heavy (non-hydrogen) atoms. The zero-order chi connectivity index (χ0) is 38.9. The molecule has 0 heterocycles. The minimum Gasteiger partial charge on any atom is -0.0619 e. The van der Waals surface area contributed by atoms with Crippen molar-refractivity contribution in [3.05, 3.63) is 204 Å². The summed E-state index contributed by atoms with van der Waals surface area (Å²) in [5.74, 6) is 0. The lowest BCUT2D eigenvalue weighted by molar-refractivity contribution is 0.660. The highest BCUT2D eigenvalue weighted by Crippen LogP contribution is 2.53. The third-order valence-electron chi connectivity index (χ3n) is 13.9. The highest BCUT2D eigenvalue weighted by atomic mass is 14.4. The molecule has 0 fully saturated rings. The molecule has 2 aliphatic rings. The van der Waals surface area contributed by atoms with Gasteiger partial charge in [0.25, 0.3) is 0 Å². The van der Waals surface area contributed by atoms with Crippen molar-refractivity contribution < 1.29 is 0 Å². The minimum absolute atomic E-state index is 0.0518. The number of hydrogen-bond acceptors (Lipinski definition) is 0. The lowest BCUT2D eigenvalue weighted by Crippen LogP contribution is -2.14. The summed E-state index contributed by atoms with van der Waals surface area (Å²) < 4.78 is 0. The second kappa shape index (κ2) is 11.9. The van der Waals surface area contributed by atoms with Gasteiger partial charge < -0.3 is 0 Å². The van der Waals surface area contributed by atoms with Crippen LogP contribution in [0.4, 0.5) is 0 Å². The molecule has 12 rings (SSSR count). The molecule has 0 heteroatoms. The van der Waals surface area contributed by atoms with Crippen molar-refractivity contribution in [3.8, 4) is 55.6 Å². The molecule has 0 aliphatic heterocycles.